The fourth-order valence-electron chi connectivity index (χ4n) is 2.20. The summed E-state index contributed by atoms with van der Waals surface area (Å²) in [4.78, 5) is -0.0558. The maximum atomic E-state index is 12.3. The predicted octanol–water partition coefficient (Wildman–Crippen LogP) is 0.988. The van der Waals surface area contributed by atoms with E-state index in [1.807, 2.05) is 6.07 Å². The molecule has 1 fully saturated rings. The van der Waals surface area contributed by atoms with Gasteiger partial charge in [-0.05, 0) is 37.5 Å². The van der Waals surface area contributed by atoms with Crippen LogP contribution in [0.15, 0.2) is 23.1 Å². The molecule has 1 aliphatic carbocycles. The van der Waals surface area contributed by atoms with Gasteiger partial charge in [0, 0.05) is 19.3 Å². The first-order valence-electron chi connectivity index (χ1n) is 6.27. The van der Waals surface area contributed by atoms with Crippen LogP contribution in [0.25, 0.3) is 0 Å². The highest BCUT2D eigenvalue weighted by Gasteiger charge is 2.38. The van der Waals surface area contributed by atoms with Gasteiger partial charge in [0.1, 0.15) is 6.07 Å². The fourth-order valence-corrected chi connectivity index (χ4v) is 3.45. The lowest BCUT2D eigenvalue weighted by Crippen LogP contribution is -2.49. The molecule has 3 N–H and O–H groups in total. The molecular weight excluding hydrogens is 278 g/mol. The van der Waals surface area contributed by atoms with Gasteiger partial charge in [-0.25, -0.2) is 13.1 Å². The van der Waals surface area contributed by atoms with Crippen molar-refractivity contribution in [3.63, 3.8) is 0 Å². The van der Waals surface area contributed by atoms with Gasteiger partial charge in [-0.2, -0.15) is 5.26 Å². The number of methoxy groups -OCH3 is 1. The minimum atomic E-state index is -3.75. The summed E-state index contributed by atoms with van der Waals surface area (Å²) >= 11 is 0. The molecule has 6 nitrogen and oxygen atoms in total. The van der Waals surface area contributed by atoms with Crippen LogP contribution >= 0.6 is 0 Å². The third-order valence-corrected chi connectivity index (χ3v) is 5.16. The van der Waals surface area contributed by atoms with Crippen LogP contribution < -0.4 is 10.5 Å². The van der Waals surface area contributed by atoms with Crippen molar-refractivity contribution in [2.45, 2.75) is 29.8 Å². The quantitative estimate of drug-likeness (QED) is 0.788. The number of hydrogen-bond donors (Lipinski definition) is 2. The average molecular weight is 295 g/mol. The summed E-state index contributed by atoms with van der Waals surface area (Å²) in [6, 6.07) is 6.01. The van der Waals surface area contributed by atoms with Crippen LogP contribution in [0.4, 0.5) is 5.69 Å². The number of nitrogens with zero attached hydrogens (tertiary/aromatic N) is 1. The van der Waals surface area contributed by atoms with E-state index < -0.39 is 15.6 Å². The van der Waals surface area contributed by atoms with E-state index in [1.54, 1.807) is 7.11 Å². The molecular formula is C13H17N3O3S. The van der Waals surface area contributed by atoms with Crippen molar-refractivity contribution in [1.29, 1.82) is 5.26 Å². The molecule has 0 aliphatic heterocycles. The third-order valence-electron chi connectivity index (χ3n) is 3.70. The zero-order valence-electron chi connectivity index (χ0n) is 11.2. The summed E-state index contributed by atoms with van der Waals surface area (Å²) in [6.07, 6.45) is 2.69. The summed E-state index contributed by atoms with van der Waals surface area (Å²) < 4.78 is 32.4. The van der Waals surface area contributed by atoms with Gasteiger partial charge in [-0.1, -0.05) is 0 Å². The molecule has 7 heteroatoms. The molecule has 0 unspecified atom stereocenters. The van der Waals surface area contributed by atoms with Crippen molar-refractivity contribution >= 4 is 15.7 Å². The maximum Gasteiger partial charge on any atom is 0.241 e. The van der Waals surface area contributed by atoms with Crippen LogP contribution in [0, 0.1) is 11.3 Å². The molecule has 0 bridgehead atoms. The minimum Gasteiger partial charge on any atom is -0.399 e. The second kappa shape index (κ2) is 5.40. The number of benzene rings is 1. The molecule has 0 heterocycles. The molecule has 0 amide bonds. The molecule has 0 radical (unpaired) electrons. The second-order valence-corrected chi connectivity index (χ2v) is 6.67. The van der Waals surface area contributed by atoms with Crippen LogP contribution in [-0.4, -0.2) is 27.7 Å². The van der Waals surface area contributed by atoms with E-state index in [9.17, 15) is 8.42 Å². The normalized spacial score (nSPS) is 17.2. The van der Waals surface area contributed by atoms with Crippen LogP contribution in [0.3, 0.4) is 0 Å². The van der Waals surface area contributed by atoms with E-state index in [-0.39, 0.29) is 17.0 Å². The summed E-state index contributed by atoms with van der Waals surface area (Å²) in [6.45, 7) is 0.209. The first-order chi connectivity index (χ1) is 9.42. The fraction of sp³-hybridized carbons (Fsp3) is 0.462. The number of nitriles is 1. The summed E-state index contributed by atoms with van der Waals surface area (Å²) in [5, 5.41) is 9.02. The van der Waals surface area contributed by atoms with E-state index in [2.05, 4.69) is 4.72 Å². The van der Waals surface area contributed by atoms with E-state index in [0.29, 0.717) is 5.69 Å². The van der Waals surface area contributed by atoms with Crippen molar-refractivity contribution in [3.8, 4) is 6.07 Å². The molecule has 2 rings (SSSR count). The molecule has 0 atom stereocenters. The number of nitrogens with one attached hydrogen (secondary N) is 1. The summed E-state index contributed by atoms with van der Waals surface area (Å²) in [5.74, 6) is 0. The molecule has 0 spiro atoms. The average Bonchev–Trinajstić information content (AvgIpc) is 2.37. The van der Waals surface area contributed by atoms with E-state index >= 15 is 0 Å². The maximum absolute atomic E-state index is 12.3. The molecule has 1 saturated carbocycles. The number of rotatable bonds is 5. The minimum absolute atomic E-state index is 0.0394. The monoisotopic (exact) mass is 295 g/mol. The Morgan fingerprint density at radius 1 is 1.50 bits per heavy atom. The molecule has 1 aromatic carbocycles. The van der Waals surface area contributed by atoms with Crippen LogP contribution in [0.5, 0.6) is 0 Å². The van der Waals surface area contributed by atoms with Crippen LogP contribution in [-0.2, 0) is 14.8 Å². The van der Waals surface area contributed by atoms with E-state index in [1.165, 1.54) is 18.2 Å². The Bertz CT molecular complexity index is 640. The Balaban J connectivity index is 2.21. The Labute approximate surface area is 118 Å². The molecule has 0 aromatic heterocycles. The Morgan fingerprint density at radius 2 is 2.20 bits per heavy atom. The number of hydrogen-bond acceptors (Lipinski definition) is 5. The molecule has 20 heavy (non-hydrogen) atoms. The number of ether oxygens (including phenoxy) is 1. The lowest BCUT2D eigenvalue weighted by molar-refractivity contribution is -0.0659. The SMILES string of the molecule is COC1(CNS(=O)(=O)c2ccc(N)cc2C#N)CCC1. The number of nitrogens with two attached hydrogens (primary N) is 1. The Kier molecular flexibility index (Phi) is 3.99. The van der Waals surface area contributed by atoms with Gasteiger partial charge >= 0.3 is 0 Å². The molecule has 1 aromatic rings. The lowest BCUT2D eigenvalue weighted by atomic mass is 9.80. The topological polar surface area (TPSA) is 105 Å². The number of anilines is 1. The number of nitrogen functional groups attached to an aromatic ring is 1. The zero-order valence-corrected chi connectivity index (χ0v) is 12.0. The molecule has 0 saturated heterocycles. The highest BCUT2D eigenvalue weighted by molar-refractivity contribution is 7.89. The summed E-state index contributed by atoms with van der Waals surface area (Å²) in [7, 11) is -2.17. The van der Waals surface area contributed by atoms with Crippen LogP contribution in [0.2, 0.25) is 0 Å². The van der Waals surface area contributed by atoms with E-state index in [0.717, 1.165) is 19.3 Å². The largest absolute Gasteiger partial charge is 0.399 e. The van der Waals surface area contributed by atoms with Gasteiger partial charge < -0.3 is 10.5 Å². The second-order valence-electron chi connectivity index (χ2n) is 4.93. The highest BCUT2D eigenvalue weighted by atomic mass is 32.2. The first kappa shape index (κ1) is 14.8. The summed E-state index contributed by atoms with van der Waals surface area (Å²) in [5.41, 5.74) is 5.54. The van der Waals surface area contributed by atoms with Crippen molar-refractivity contribution in [2.24, 2.45) is 0 Å². The van der Waals surface area contributed by atoms with Gasteiger partial charge in [0.15, 0.2) is 0 Å². The third kappa shape index (κ3) is 2.77. The highest BCUT2D eigenvalue weighted by Crippen LogP contribution is 2.34. The van der Waals surface area contributed by atoms with Crippen molar-refractivity contribution < 1.29 is 13.2 Å². The van der Waals surface area contributed by atoms with E-state index in [4.69, 9.17) is 15.7 Å². The first-order valence-corrected chi connectivity index (χ1v) is 7.75. The van der Waals surface area contributed by atoms with Gasteiger partial charge in [0.05, 0.1) is 16.1 Å². The zero-order chi connectivity index (χ0) is 14.8. The van der Waals surface area contributed by atoms with Gasteiger partial charge in [0.2, 0.25) is 10.0 Å². The molecule has 1 aliphatic rings. The predicted molar refractivity (Wildman–Crippen MR) is 74.3 cm³/mol. The Hall–Kier alpha value is -1.62. The standard InChI is InChI=1S/C13H17N3O3S/c1-19-13(5-2-6-13)9-16-20(17,18)12-4-3-11(15)7-10(12)8-14/h3-4,7,16H,2,5-6,9,15H2,1H3. The van der Waals surface area contributed by atoms with Gasteiger partial charge in [-0.15, -0.1) is 0 Å². The van der Waals surface area contributed by atoms with Gasteiger partial charge in [0.25, 0.3) is 0 Å². The number of sulfonamides is 1. The van der Waals surface area contributed by atoms with Crippen molar-refractivity contribution in [2.75, 3.05) is 19.4 Å². The van der Waals surface area contributed by atoms with Crippen molar-refractivity contribution in [1.82, 2.24) is 4.72 Å². The van der Waals surface area contributed by atoms with Crippen LogP contribution in [0.1, 0.15) is 24.8 Å². The van der Waals surface area contributed by atoms with Gasteiger partial charge in [-0.3, -0.25) is 0 Å². The smallest absolute Gasteiger partial charge is 0.241 e. The van der Waals surface area contributed by atoms with Crippen molar-refractivity contribution in [3.05, 3.63) is 23.8 Å². The Morgan fingerprint density at radius 3 is 2.70 bits per heavy atom. The molecule has 108 valence electrons. The lowest BCUT2D eigenvalue weighted by Gasteiger charge is -2.40.